The van der Waals surface area contributed by atoms with E-state index in [4.69, 9.17) is 23.2 Å². The van der Waals surface area contributed by atoms with E-state index in [-0.39, 0.29) is 15.7 Å². The molecule has 1 N–H and O–H groups in total. The molecule has 1 aliphatic heterocycles. The molecule has 2 rings (SSSR count). The van der Waals surface area contributed by atoms with Gasteiger partial charge in [0.2, 0.25) is 0 Å². The van der Waals surface area contributed by atoms with E-state index in [0.29, 0.717) is 25.2 Å². The maximum atomic E-state index is 10.7. The van der Waals surface area contributed by atoms with E-state index in [9.17, 15) is 15.2 Å². The zero-order chi connectivity index (χ0) is 14.2. The van der Waals surface area contributed by atoms with Gasteiger partial charge in [0.1, 0.15) is 0 Å². The predicted molar refractivity (Wildman–Crippen MR) is 75.2 cm³/mol. The predicted octanol–water partition coefficient (Wildman–Crippen LogP) is 3.25. The summed E-state index contributed by atoms with van der Waals surface area (Å²) >= 11 is 12.2. The van der Waals surface area contributed by atoms with Crippen molar-refractivity contribution in [3.05, 3.63) is 32.3 Å². The van der Waals surface area contributed by atoms with Gasteiger partial charge < -0.3 is 10.0 Å². The van der Waals surface area contributed by atoms with Crippen molar-refractivity contribution in [2.24, 2.45) is 0 Å². The average Bonchev–Trinajstić information content (AvgIpc) is 2.26. The summed E-state index contributed by atoms with van der Waals surface area (Å²) in [6.45, 7) is 2.88. The minimum atomic E-state index is -0.799. The second kappa shape index (κ2) is 5.15. The molecular weight excluding hydrogens is 291 g/mol. The number of hydrogen-bond acceptors (Lipinski definition) is 4. The first kappa shape index (κ1) is 14.4. The smallest absolute Gasteiger partial charge is 0.272 e. The Morgan fingerprint density at radius 3 is 2.47 bits per heavy atom. The molecule has 1 saturated heterocycles. The number of non-ortho nitro benzene ring substituents is 1. The van der Waals surface area contributed by atoms with Crippen LogP contribution in [0.25, 0.3) is 0 Å². The first-order chi connectivity index (χ1) is 8.80. The highest BCUT2D eigenvalue weighted by atomic mass is 35.5. The van der Waals surface area contributed by atoms with E-state index >= 15 is 0 Å². The van der Waals surface area contributed by atoms with Crippen LogP contribution in [0, 0.1) is 10.1 Å². The molecule has 7 heteroatoms. The molecule has 1 atom stereocenters. The largest absolute Gasteiger partial charge is 0.388 e. The van der Waals surface area contributed by atoms with Crippen molar-refractivity contribution in [2.75, 3.05) is 18.0 Å². The lowest BCUT2D eigenvalue weighted by Crippen LogP contribution is -2.46. The van der Waals surface area contributed by atoms with Crippen molar-refractivity contribution < 1.29 is 10.0 Å². The second-order valence-corrected chi connectivity index (χ2v) is 5.85. The lowest BCUT2D eigenvalue weighted by Gasteiger charge is -2.38. The number of rotatable bonds is 2. The van der Waals surface area contributed by atoms with Crippen molar-refractivity contribution in [1.82, 2.24) is 0 Å². The second-order valence-electron chi connectivity index (χ2n) is 5.04. The first-order valence-electron chi connectivity index (χ1n) is 5.91. The van der Waals surface area contributed by atoms with E-state index < -0.39 is 10.5 Å². The molecule has 0 aromatic heterocycles. The molecule has 5 nitrogen and oxygen atoms in total. The fourth-order valence-corrected chi connectivity index (χ4v) is 3.09. The lowest BCUT2D eigenvalue weighted by atomic mass is 9.95. The Balaban J connectivity index is 2.37. The normalized spacial score (nSPS) is 23.5. The van der Waals surface area contributed by atoms with Gasteiger partial charge >= 0.3 is 0 Å². The monoisotopic (exact) mass is 304 g/mol. The van der Waals surface area contributed by atoms with Gasteiger partial charge in [0.15, 0.2) is 0 Å². The molecule has 0 bridgehead atoms. The Labute approximate surface area is 120 Å². The SMILES string of the molecule is CC1(O)CCCN(c2c(Cl)cc([N+](=O)[O-])cc2Cl)C1. The van der Waals surface area contributed by atoms with E-state index in [1.165, 1.54) is 12.1 Å². The van der Waals surface area contributed by atoms with Crippen LogP contribution in [0.3, 0.4) is 0 Å². The minimum absolute atomic E-state index is 0.137. The van der Waals surface area contributed by atoms with Gasteiger partial charge in [-0.05, 0) is 19.8 Å². The Hall–Kier alpha value is -1.04. The number of benzene rings is 1. The summed E-state index contributed by atoms with van der Waals surface area (Å²) in [7, 11) is 0. The lowest BCUT2D eigenvalue weighted by molar-refractivity contribution is -0.384. The summed E-state index contributed by atoms with van der Waals surface area (Å²) in [5.41, 5.74) is -0.386. The molecular formula is C12H14Cl2N2O3. The number of halogens is 2. The van der Waals surface area contributed by atoms with E-state index in [1.807, 2.05) is 4.90 Å². The topological polar surface area (TPSA) is 66.6 Å². The van der Waals surface area contributed by atoms with Gasteiger partial charge in [0.05, 0.1) is 26.3 Å². The fourth-order valence-electron chi connectivity index (χ4n) is 2.37. The number of β-amino-alcohol motifs (C(OH)–C–C–N with tert-alkyl or cyclic N) is 1. The molecule has 0 radical (unpaired) electrons. The highest BCUT2D eigenvalue weighted by molar-refractivity contribution is 6.39. The quantitative estimate of drug-likeness (QED) is 0.673. The molecule has 1 aliphatic rings. The first-order valence-corrected chi connectivity index (χ1v) is 6.66. The molecule has 1 aromatic rings. The number of nitro benzene ring substituents is 1. The van der Waals surface area contributed by atoms with Crippen LogP contribution in [0.1, 0.15) is 19.8 Å². The highest BCUT2D eigenvalue weighted by Crippen LogP contribution is 2.39. The molecule has 1 fully saturated rings. The van der Waals surface area contributed by atoms with Crippen molar-refractivity contribution in [3.8, 4) is 0 Å². The van der Waals surface area contributed by atoms with E-state index in [2.05, 4.69) is 0 Å². The summed E-state index contributed by atoms with van der Waals surface area (Å²) in [5.74, 6) is 0. The van der Waals surface area contributed by atoms with Gasteiger partial charge in [-0.15, -0.1) is 0 Å². The van der Waals surface area contributed by atoms with Crippen molar-refractivity contribution in [1.29, 1.82) is 0 Å². The van der Waals surface area contributed by atoms with Gasteiger partial charge in [-0.1, -0.05) is 23.2 Å². The summed E-state index contributed by atoms with van der Waals surface area (Å²) in [4.78, 5) is 12.1. The van der Waals surface area contributed by atoms with Crippen molar-refractivity contribution in [3.63, 3.8) is 0 Å². The Kier molecular flexibility index (Phi) is 3.90. The van der Waals surface area contributed by atoms with Crippen molar-refractivity contribution in [2.45, 2.75) is 25.4 Å². The van der Waals surface area contributed by atoms with Gasteiger partial charge in [-0.2, -0.15) is 0 Å². The Morgan fingerprint density at radius 2 is 2.00 bits per heavy atom. The van der Waals surface area contributed by atoms with Crippen LogP contribution in [0.15, 0.2) is 12.1 Å². The van der Waals surface area contributed by atoms with Crippen LogP contribution in [-0.4, -0.2) is 28.7 Å². The van der Waals surface area contributed by atoms with Gasteiger partial charge in [-0.25, -0.2) is 0 Å². The van der Waals surface area contributed by atoms with Gasteiger partial charge in [0.25, 0.3) is 5.69 Å². The average molecular weight is 305 g/mol. The Morgan fingerprint density at radius 1 is 1.42 bits per heavy atom. The van der Waals surface area contributed by atoms with E-state index in [1.54, 1.807) is 6.92 Å². The number of hydrogen-bond donors (Lipinski definition) is 1. The van der Waals surface area contributed by atoms with Crippen LogP contribution >= 0.6 is 23.2 Å². The molecule has 1 aromatic carbocycles. The third-order valence-corrected chi connectivity index (χ3v) is 3.78. The number of piperidine rings is 1. The molecule has 0 aliphatic carbocycles. The minimum Gasteiger partial charge on any atom is -0.388 e. The molecule has 19 heavy (non-hydrogen) atoms. The summed E-state index contributed by atoms with van der Waals surface area (Å²) in [6, 6.07) is 2.57. The summed E-state index contributed by atoms with van der Waals surface area (Å²) in [5, 5.41) is 21.3. The molecule has 1 heterocycles. The number of nitrogens with zero attached hydrogens (tertiary/aromatic N) is 2. The molecule has 104 valence electrons. The Bertz CT molecular complexity index is 497. The maximum absolute atomic E-state index is 10.7. The van der Waals surface area contributed by atoms with Gasteiger partial charge in [-0.3, -0.25) is 10.1 Å². The molecule has 0 amide bonds. The van der Waals surface area contributed by atoms with Crippen LogP contribution in [-0.2, 0) is 0 Å². The fraction of sp³-hybridized carbons (Fsp3) is 0.500. The number of nitro groups is 1. The van der Waals surface area contributed by atoms with Crippen LogP contribution < -0.4 is 4.90 Å². The third kappa shape index (κ3) is 3.11. The van der Waals surface area contributed by atoms with E-state index in [0.717, 1.165) is 6.42 Å². The van der Waals surface area contributed by atoms with Crippen LogP contribution in [0.5, 0.6) is 0 Å². The standard InChI is InChI=1S/C12H14Cl2N2O3/c1-12(17)3-2-4-15(7-12)11-9(13)5-8(16(18)19)6-10(11)14/h5-6,17H,2-4,7H2,1H3. The van der Waals surface area contributed by atoms with Crippen LogP contribution in [0.4, 0.5) is 11.4 Å². The maximum Gasteiger partial charge on any atom is 0.272 e. The van der Waals surface area contributed by atoms with Crippen LogP contribution in [0.2, 0.25) is 10.0 Å². The molecule has 1 unspecified atom stereocenters. The zero-order valence-electron chi connectivity index (χ0n) is 10.4. The van der Waals surface area contributed by atoms with Gasteiger partial charge in [0, 0.05) is 25.2 Å². The molecule has 0 spiro atoms. The van der Waals surface area contributed by atoms with Crippen molar-refractivity contribution >= 4 is 34.6 Å². The summed E-state index contributed by atoms with van der Waals surface area (Å²) < 4.78 is 0. The zero-order valence-corrected chi connectivity index (χ0v) is 11.9. The molecule has 0 saturated carbocycles. The highest BCUT2D eigenvalue weighted by Gasteiger charge is 2.31. The number of aliphatic hydroxyl groups is 1. The summed E-state index contributed by atoms with van der Waals surface area (Å²) in [6.07, 6.45) is 1.53. The third-order valence-electron chi connectivity index (χ3n) is 3.20. The number of anilines is 1.